The van der Waals surface area contributed by atoms with Crippen molar-refractivity contribution in [3.8, 4) is 0 Å². The van der Waals surface area contributed by atoms with E-state index in [2.05, 4.69) is 10.6 Å². The highest BCUT2D eigenvalue weighted by Crippen LogP contribution is 2.19. The topological polar surface area (TPSA) is 75.3 Å². The number of carbonyl (C=O) groups is 3. The lowest BCUT2D eigenvalue weighted by atomic mass is 9.85. The Morgan fingerprint density at radius 3 is 2.18 bits per heavy atom. The van der Waals surface area contributed by atoms with Gasteiger partial charge in [0, 0.05) is 37.8 Å². The predicted octanol–water partition coefficient (Wildman–Crippen LogP) is 3.31. The second-order valence-corrected chi connectivity index (χ2v) is 8.11. The normalized spacial score (nSPS) is 13.4. The molecule has 0 spiro atoms. The fourth-order valence-corrected chi connectivity index (χ4v) is 3.33. The van der Waals surface area contributed by atoms with E-state index in [-0.39, 0.29) is 47.8 Å². The van der Waals surface area contributed by atoms with Crippen LogP contribution in [0.15, 0.2) is 30.3 Å². The molecule has 0 aliphatic heterocycles. The average molecular weight is 389 g/mol. The predicted molar refractivity (Wildman–Crippen MR) is 113 cm³/mol. The standard InChI is InChI=1S/C23H36N2O3/c1-16(2)23(28)20(12-9-13-24-18(5)26)15-22(27)21(25-17(3)4)14-19-10-7-6-8-11-19/h6-8,10-11,16-17,20-21,25H,9,12-15H2,1-5H3,(H,24,26)/t20-,21+/m1/s1. The summed E-state index contributed by atoms with van der Waals surface area (Å²) in [6.45, 7) is 9.81. The van der Waals surface area contributed by atoms with Crippen molar-refractivity contribution in [3.63, 3.8) is 0 Å². The molecule has 0 unspecified atom stereocenters. The molecule has 0 fully saturated rings. The SMILES string of the molecule is CC(=O)NCCC[C@H](CC(=O)[C@H](Cc1ccccc1)NC(C)C)C(=O)C(C)C. The monoisotopic (exact) mass is 388 g/mol. The molecule has 1 amide bonds. The Labute approximate surface area is 169 Å². The van der Waals surface area contributed by atoms with Gasteiger partial charge < -0.3 is 10.6 Å². The summed E-state index contributed by atoms with van der Waals surface area (Å²) in [7, 11) is 0. The molecule has 0 aliphatic carbocycles. The van der Waals surface area contributed by atoms with Crippen LogP contribution < -0.4 is 10.6 Å². The van der Waals surface area contributed by atoms with Crippen LogP contribution in [0.3, 0.4) is 0 Å². The number of amides is 1. The minimum absolute atomic E-state index is 0.0770. The molecular weight excluding hydrogens is 352 g/mol. The van der Waals surface area contributed by atoms with Gasteiger partial charge in [-0.25, -0.2) is 0 Å². The van der Waals surface area contributed by atoms with Crippen molar-refractivity contribution < 1.29 is 14.4 Å². The molecule has 0 radical (unpaired) electrons. The van der Waals surface area contributed by atoms with Gasteiger partial charge in [-0.1, -0.05) is 58.0 Å². The Morgan fingerprint density at radius 1 is 1.00 bits per heavy atom. The Morgan fingerprint density at radius 2 is 1.64 bits per heavy atom. The smallest absolute Gasteiger partial charge is 0.216 e. The average Bonchev–Trinajstić information content (AvgIpc) is 2.63. The van der Waals surface area contributed by atoms with Gasteiger partial charge in [-0.15, -0.1) is 0 Å². The van der Waals surface area contributed by atoms with Crippen molar-refractivity contribution in [2.45, 2.75) is 72.4 Å². The van der Waals surface area contributed by atoms with Gasteiger partial charge in [-0.2, -0.15) is 0 Å². The van der Waals surface area contributed by atoms with Crippen LogP contribution in [0.25, 0.3) is 0 Å². The molecule has 2 N–H and O–H groups in total. The minimum atomic E-state index is -0.305. The van der Waals surface area contributed by atoms with Crippen molar-refractivity contribution in [2.24, 2.45) is 11.8 Å². The number of Topliss-reactive ketones (excluding diaryl/α,β-unsaturated/α-hetero) is 2. The quantitative estimate of drug-likeness (QED) is 0.508. The lowest BCUT2D eigenvalue weighted by Crippen LogP contribution is -2.43. The maximum absolute atomic E-state index is 13.1. The fourth-order valence-electron chi connectivity index (χ4n) is 3.33. The van der Waals surface area contributed by atoms with E-state index in [0.717, 1.165) is 5.56 Å². The first-order valence-electron chi connectivity index (χ1n) is 10.3. The van der Waals surface area contributed by atoms with E-state index in [1.54, 1.807) is 0 Å². The molecule has 2 atom stereocenters. The van der Waals surface area contributed by atoms with E-state index < -0.39 is 0 Å². The van der Waals surface area contributed by atoms with Crippen molar-refractivity contribution in [1.82, 2.24) is 10.6 Å². The first-order valence-corrected chi connectivity index (χ1v) is 10.3. The number of hydrogen-bond acceptors (Lipinski definition) is 4. The fraction of sp³-hybridized carbons (Fsp3) is 0.609. The highest BCUT2D eigenvalue weighted by atomic mass is 16.1. The molecule has 1 aromatic rings. The van der Waals surface area contributed by atoms with Crippen LogP contribution >= 0.6 is 0 Å². The molecular formula is C23H36N2O3. The van der Waals surface area contributed by atoms with E-state index in [9.17, 15) is 14.4 Å². The number of ketones is 2. The van der Waals surface area contributed by atoms with Crippen LogP contribution in [0.4, 0.5) is 0 Å². The maximum Gasteiger partial charge on any atom is 0.216 e. The summed E-state index contributed by atoms with van der Waals surface area (Å²) in [6.07, 6.45) is 2.17. The third-order valence-electron chi connectivity index (χ3n) is 4.73. The molecule has 0 saturated carbocycles. The van der Waals surface area contributed by atoms with Crippen LogP contribution in [0.5, 0.6) is 0 Å². The number of nitrogens with one attached hydrogen (secondary N) is 2. The number of rotatable bonds is 13. The highest BCUT2D eigenvalue weighted by molar-refractivity contribution is 5.91. The van der Waals surface area contributed by atoms with Crippen LogP contribution in [0.1, 0.15) is 59.4 Å². The van der Waals surface area contributed by atoms with Gasteiger partial charge in [0.25, 0.3) is 0 Å². The number of hydrogen-bond donors (Lipinski definition) is 2. The Bertz CT molecular complexity index is 626. The number of carbonyl (C=O) groups excluding carboxylic acids is 3. The lowest BCUT2D eigenvalue weighted by Gasteiger charge is -2.24. The van der Waals surface area contributed by atoms with E-state index in [4.69, 9.17) is 0 Å². The van der Waals surface area contributed by atoms with Gasteiger partial charge in [0.1, 0.15) is 5.78 Å². The molecule has 1 aromatic carbocycles. The second-order valence-electron chi connectivity index (χ2n) is 8.11. The zero-order chi connectivity index (χ0) is 21.1. The van der Waals surface area contributed by atoms with Gasteiger partial charge in [0.15, 0.2) is 5.78 Å². The summed E-state index contributed by atoms with van der Waals surface area (Å²) >= 11 is 0. The largest absolute Gasteiger partial charge is 0.356 e. The zero-order valence-electron chi connectivity index (χ0n) is 18.0. The minimum Gasteiger partial charge on any atom is -0.356 e. The molecule has 5 nitrogen and oxygen atoms in total. The van der Waals surface area contributed by atoms with Crippen molar-refractivity contribution in [3.05, 3.63) is 35.9 Å². The lowest BCUT2D eigenvalue weighted by molar-refractivity contribution is -0.131. The first kappa shape index (κ1) is 24.0. The second kappa shape index (κ2) is 12.4. The zero-order valence-corrected chi connectivity index (χ0v) is 18.0. The summed E-state index contributed by atoms with van der Waals surface area (Å²) in [6, 6.07) is 9.82. The van der Waals surface area contributed by atoms with E-state index >= 15 is 0 Å². The van der Waals surface area contributed by atoms with Crippen molar-refractivity contribution >= 4 is 17.5 Å². The van der Waals surface area contributed by atoms with Gasteiger partial charge in [0.05, 0.1) is 6.04 Å². The van der Waals surface area contributed by atoms with Gasteiger partial charge in [0.2, 0.25) is 5.91 Å². The van der Waals surface area contributed by atoms with Crippen molar-refractivity contribution in [2.75, 3.05) is 6.54 Å². The van der Waals surface area contributed by atoms with Gasteiger partial charge in [-0.05, 0) is 24.8 Å². The summed E-state index contributed by atoms with van der Waals surface area (Å²) in [5.74, 6) is -0.278. The van der Waals surface area contributed by atoms with E-state index in [0.29, 0.717) is 25.8 Å². The summed E-state index contributed by atoms with van der Waals surface area (Å²) in [5.41, 5.74) is 1.10. The number of benzene rings is 1. The van der Waals surface area contributed by atoms with Crippen LogP contribution in [0.2, 0.25) is 0 Å². The van der Waals surface area contributed by atoms with Gasteiger partial charge >= 0.3 is 0 Å². The van der Waals surface area contributed by atoms with Crippen LogP contribution in [-0.4, -0.2) is 36.1 Å². The van der Waals surface area contributed by atoms with Gasteiger partial charge in [-0.3, -0.25) is 14.4 Å². The first-order chi connectivity index (χ1) is 13.2. The molecule has 0 saturated heterocycles. The summed E-state index contributed by atoms with van der Waals surface area (Å²) < 4.78 is 0. The maximum atomic E-state index is 13.1. The van der Waals surface area contributed by atoms with E-state index in [1.807, 2.05) is 58.0 Å². The van der Waals surface area contributed by atoms with E-state index in [1.165, 1.54) is 6.92 Å². The van der Waals surface area contributed by atoms with Crippen LogP contribution in [0, 0.1) is 11.8 Å². The molecule has 0 aliphatic rings. The molecule has 0 aromatic heterocycles. The molecule has 156 valence electrons. The third-order valence-corrected chi connectivity index (χ3v) is 4.73. The molecule has 1 rings (SSSR count). The highest BCUT2D eigenvalue weighted by Gasteiger charge is 2.28. The molecule has 0 heterocycles. The van der Waals surface area contributed by atoms with Crippen LogP contribution in [-0.2, 0) is 20.8 Å². The molecule has 5 heteroatoms. The third kappa shape index (κ3) is 9.27. The Hall–Kier alpha value is -2.01. The molecule has 0 bridgehead atoms. The summed E-state index contributed by atoms with van der Waals surface area (Å²) in [4.78, 5) is 36.8. The Kier molecular flexibility index (Phi) is 10.7. The molecule has 28 heavy (non-hydrogen) atoms. The Balaban J connectivity index is 2.81. The summed E-state index contributed by atoms with van der Waals surface area (Å²) in [5, 5.41) is 6.12. The van der Waals surface area contributed by atoms with Crippen molar-refractivity contribution in [1.29, 1.82) is 0 Å².